The van der Waals surface area contributed by atoms with E-state index in [1.807, 2.05) is 36.4 Å². The molecule has 138 valence electrons. The molecule has 1 atom stereocenters. The van der Waals surface area contributed by atoms with Crippen LogP contribution in [0.1, 0.15) is 24.4 Å². The second-order valence-electron chi connectivity index (χ2n) is 6.76. The number of likely N-dealkylation sites (tertiary alicyclic amines) is 1. The molecule has 1 aromatic heterocycles. The summed E-state index contributed by atoms with van der Waals surface area (Å²) in [6.07, 6.45) is 2.23. The Morgan fingerprint density at radius 3 is 2.81 bits per heavy atom. The van der Waals surface area contributed by atoms with E-state index in [-0.39, 0.29) is 0 Å². The van der Waals surface area contributed by atoms with Gasteiger partial charge in [0.15, 0.2) is 11.5 Å². The first-order valence-corrected chi connectivity index (χ1v) is 9.46. The van der Waals surface area contributed by atoms with Gasteiger partial charge in [0.25, 0.3) is 4.84 Å². The lowest BCUT2D eigenvalue weighted by molar-refractivity contribution is 0.173. The van der Waals surface area contributed by atoms with Gasteiger partial charge in [0.05, 0.1) is 6.67 Å². The normalized spacial score (nSPS) is 18.9. The van der Waals surface area contributed by atoms with E-state index in [4.69, 9.17) is 26.1 Å². The molecule has 1 saturated heterocycles. The molecule has 0 aliphatic carbocycles. The molecule has 7 heteroatoms. The van der Waals surface area contributed by atoms with Crippen molar-refractivity contribution in [2.24, 2.45) is 0 Å². The predicted molar refractivity (Wildman–Crippen MR) is 102 cm³/mol. The van der Waals surface area contributed by atoms with Gasteiger partial charge in [-0.05, 0) is 54.9 Å². The number of hydrogen-bond donors (Lipinski definition) is 0. The van der Waals surface area contributed by atoms with Gasteiger partial charge in [0.1, 0.15) is 0 Å². The third kappa shape index (κ3) is 3.13. The number of fused-ring (bicyclic) bond motifs is 1. The summed E-state index contributed by atoms with van der Waals surface area (Å²) < 4.78 is 18.4. The average molecular weight is 381 g/mol. The van der Waals surface area contributed by atoms with Crippen LogP contribution in [0.25, 0.3) is 11.5 Å². The van der Waals surface area contributed by atoms with E-state index >= 15 is 0 Å². The molecule has 0 N–H and O–H groups in total. The minimum absolute atomic E-state index is 0.295. The Morgan fingerprint density at radius 1 is 1.07 bits per heavy atom. The van der Waals surface area contributed by atoms with Crippen LogP contribution in [-0.2, 0) is 6.67 Å². The van der Waals surface area contributed by atoms with Gasteiger partial charge in [-0.1, -0.05) is 24.3 Å². The first kappa shape index (κ1) is 16.5. The maximum absolute atomic E-state index is 5.72. The van der Waals surface area contributed by atoms with Crippen LogP contribution in [0, 0.1) is 4.84 Å². The van der Waals surface area contributed by atoms with Crippen LogP contribution in [0.5, 0.6) is 11.5 Å². The van der Waals surface area contributed by atoms with Gasteiger partial charge in [-0.25, -0.2) is 4.68 Å². The molecule has 3 heterocycles. The quantitative estimate of drug-likeness (QED) is 0.625. The molecule has 0 amide bonds. The summed E-state index contributed by atoms with van der Waals surface area (Å²) in [5, 5.41) is 4.59. The van der Waals surface area contributed by atoms with Gasteiger partial charge in [-0.3, -0.25) is 4.90 Å². The molecule has 0 saturated carbocycles. The molecule has 0 radical (unpaired) electrons. The lowest BCUT2D eigenvalue weighted by Gasteiger charge is -2.24. The Balaban J connectivity index is 1.39. The Kier molecular flexibility index (Phi) is 4.18. The lowest BCUT2D eigenvalue weighted by atomic mass is 10.0. The highest BCUT2D eigenvalue weighted by atomic mass is 32.1. The van der Waals surface area contributed by atoms with Gasteiger partial charge in [-0.2, -0.15) is 0 Å². The van der Waals surface area contributed by atoms with E-state index in [1.54, 1.807) is 4.68 Å². The third-order valence-corrected chi connectivity index (χ3v) is 5.38. The molecular formula is C20H19N3O3S. The van der Waals surface area contributed by atoms with Crippen molar-refractivity contribution in [2.45, 2.75) is 25.6 Å². The van der Waals surface area contributed by atoms with E-state index < -0.39 is 0 Å². The second kappa shape index (κ2) is 6.83. The highest BCUT2D eigenvalue weighted by Crippen LogP contribution is 2.39. The van der Waals surface area contributed by atoms with Gasteiger partial charge in [-0.15, -0.1) is 5.10 Å². The Bertz CT molecular complexity index is 1010. The van der Waals surface area contributed by atoms with E-state index in [0.717, 1.165) is 36.4 Å². The summed E-state index contributed by atoms with van der Waals surface area (Å²) in [4.78, 5) is 2.77. The van der Waals surface area contributed by atoms with E-state index in [0.29, 0.717) is 30.2 Å². The van der Waals surface area contributed by atoms with Gasteiger partial charge >= 0.3 is 0 Å². The molecule has 3 aromatic rings. The molecule has 5 rings (SSSR count). The van der Waals surface area contributed by atoms with Crippen molar-refractivity contribution >= 4 is 12.2 Å². The molecule has 2 aliphatic heterocycles. The van der Waals surface area contributed by atoms with Crippen molar-refractivity contribution in [3.63, 3.8) is 0 Å². The number of ether oxygens (including phenoxy) is 2. The fourth-order valence-electron chi connectivity index (χ4n) is 3.76. The standard InChI is InChI=1S/C20H19N3O3S/c27-20-23(21-19(26-20)14-5-2-1-3-6-14)12-22-10-4-7-16(22)15-8-9-17-18(11-15)25-13-24-17/h1-3,5-6,8-9,11,16H,4,7,10,12-13H2. The van der Waals surface area contributed by atoms with Gasteiger partial charge < -0.3 is 13.9 Å². The molecule has 1 unspecified atom stereocenters. The van der Waals surface area contributed by atoms with Crippen LogP contribution >= 0.6 is 12.2 Å². The van der Waals surface area contributed by atoms with Crippen LogP contribution in [0.15, 0.2) is 52.9 Å². The van der Waals surface area contributed by atoms with Crippen molar-refractivity contribution in [3.05, 3.63) is 58.9 Å². The molecule has 0 spiro atoms. The van der Waals surface area contributed by atoms with Gasteiger partial charge in [0.2, 0.25) is 12.7 Å². The fraction of sp³-hybridized carbons (Fsp3) is 0.300. The predicted octanol–water partition coefficient (Wildman–Crippen LogP) is 4.40. The van der Waals surface area contributed by atoms with Crippen LogP contribution in [0.2, 0.25) is 0 Å². The number of hydrogen-bond acceptors (Lipinski definition) is 6. The van der Waals surface area contributed by atoms with E-state index in [1.165, 1.54) is 5.56 Å². The van der Waals surface area contributed by atoms with Crippen molar-refractivity contribution in [2.75, 3.05) is 13.3 Å². The summed E-state index contributed by atoms with van der Waals surface area (Å²) in [5.74, 6) is 2.19. The topological polar surface area (TPSA) is 52.7 Å². The molecule has 0 bridgehead atoms. The number of benzene rings is 2. The summed E-state index contributed by atoms with van der Waals surface area (Å²) in [5.41, 5.74) is 2.16. The highest BCUT2D eigenvalue weighted by Gasteiger charge is 2.28. The first-order chi connectivity index (χ1) is 13.3. The molecule has 27 heavy (non-hydrogen) atoms. The van der Waals surface area contributed by atoms with Crippen LogP contribution < -0.4 is 9.47 Å². The minimum Gasteiger partial charge on any atom is -0.454 e. The number of aromatic nitrogens is 2. The fourth-order valence-corrected chi connectivity index (χ4v) is 3.94. The lowest BCUT2D eigenvalue weighted by Crippen LogP contribution is -2.26. The first-order valence-electron chi connectivity index (χ1n) is 9.05. The third-order valence-electron chi connectivity index (χ3n) is 5.09. The highest BCUT2D eigenvalue weighted by molar-refractivity contribution is 7.71. The molecule has 6 nitrogen and oxygen atoms in total. The zero-order valence-electron chi connectivity index (χ0n) is 14.7. The SMILES string of the molecule is S=c1oc(-c2ccccc2)nn1CN1CCCC1c1ccc2c(c1)OCO2. The Labute approximate surface area is 161 Å². The average Bonchev–Trinajstić information content (AvgIpc) is 3.42. The van der Waals surface area contributed by atoms with Crippen LogP contribution in [-0.4, -0.2) is 28.0 Å². The Hall–Kier alpha value is -2.64. The molecule has 2 aliphatic rings. The molecule has 1 fully saturated rings. The maximum atomic E-state index is 5.72. The summed E-state index contributed by atoms with van der Waals surface area (Å²) in [7, 11) is 0. The Morgan fingerprint density at radius 2 is 1.93 bits per heavy atom. The van der Waals surface area contributed by atoms with Crippen LogP contribution in [0.4, 0.5) is 0 Å². The smallest absolute Gasteiger partial charge is 0.288 e. The number of nitrogens with zero attached hydrogens (tertiary/aromatic N) is 3. The molecular weight excluding hydrogens is 362 g/mol. The van der Waals surface area contributed by atoms with Crippen molar-refractivity contribution in [3.8, 4) is 23.0 Å². The van der Waals surface area contributed by atoms with E-state index in [2.05, 4.69) is 22.1 Å². The van der Waals surface area contributed by atoms with Crippen molar-refractivity contribution in [1.82, 2.24) is 14.7 Å². The summed E-state index contributed by atoms with van der Waals surface area (Å²) in [6.45, 7) is 1.90. The summed E-state index contributed by atoms with van der Waals surface area (Å²) >= 11 is 5.40. The monoisotopic (exact) mass is 381 g/mol. The second-order valence-corrected chi connectivity index (χ2v) is 7.11. The van der Waals surface area contributed by atoms with Crippen LogP contribution in [0.3, 0.4) is 0 Å². The minimum atomic E-state index is 0.295. The van der Waals surface area contributed by atoms with Crippen molar-refractivity contribution < 1.29 is 13.9 Å². The van der Waals surface area contributed by atoms with E-state index in [9.17, 15) is 0 Å². The summed E-state index contributed by atoms with van der Waals surface area (Å²) in [6, 6.07) is 16.3. The maximum Gasteiger partial charge on any atom is 0.288 e. The van der Waals surface area contributed by atoms with Gasteiger partial charge in [0, 0.05) is 18.2 Å². The van der Waals surface area contributed by atoms with Crippen molar-refractivity contribution in [1.29, 1.82) is 0 Å². The zero-order valence-corrected chi connectivity index (χ0v) is 15.5. The largest absolute Gasteiger partial charge is 0.454 e. The number of rotatable bonds is 4. The molecule has 2 aromatic carbocycles. The zero-order chi connectivity index (χ0) is 18.2.